The smallest absolute Gasteiger partial charge is 0.344 e. The number of rotatable bonds is 13. The molecule has 0 aliphatic carbocycles. The molecule has 4 N–H and O–H groups in total. The topological polar surface area (TPSA) is 318 Å². The predicted octanol–water partition coefficient (Wildman–Crippen LogP) is 1.54. The predicted molar refractivity (Wildman–Crippen MR) is 198 cm³/mol. The number of anilines is 2. The Morgan fingerprint density at radius 3 is 1.56 bits per heavy atom. The maximum absolute atomic E-state index is 12.7. The molecular formula is C28H34BrClN12O13S2. The third kappa shape index (κ3) is 11.6. The Bertz CT molecular complexity index is 2370. The van der Waals surface area contributed by atoms with Crippen LogP contribution in [0.3, 0.4) is 0 Å². The highest BCUT2D eigenvalue weighted by atomic mass is 79.9. The molecule has 0 bridgehead atoms. The molecule has 29 heteroatoms. The molecule has 0 unspecified atom stereocenters. The van der Waals surface area contributed by atoms with Crippen LogP contribution in [0.25, 0.3) is 0 Å². The third-order valence-corrected chi connectivity index (χ3v) is 10.1. The Hall–Kier alpha value is -5.87. The number of aromatic nitrogens is 8. The lowest BCUT2D eigenvalue weighted by Gasteiger charge is -2.10. The van der Waals surface area contributed by atoms with Gasteiger partial charge in [0.1, 0.15) is 15.7 Å². The summed E-state index contributed by atoms with van der Waals surface area (Å²) in [7, 11) is -2.49. The normalized spacial score (nSPS) is 11.0. The molecule has 57 heavy (non-hydrogen) atoms. The number of methoxy groups -OCH3 is 3. The highest BCUT2D eigenvalue weighted by molar-refractivity contribution is 9.10. The molecule has 0 aliphatic heterocycles. The zero-order valence-electron chi connectivity index (χ0n) is 31.0. The van der Waals surface area contributed by atoms with Crippen LogP contribution in [0.2, 0.25) is 5.15 Å². The number of nitrogens with one attached hydrogen (secondary N) is 4. The van der Waals surface area contributed by atoms with Crippen molar-refractivity contribution in [2.45, 2.75) is 30.8 Å². The minimum atomic E-state index is -4.58. The summed E-state index contributed by atoms with van der Waals surface area (Å²) in [5, 5.41) is 10.3. The molecule has 0 radical (unpaired) electrons. The number of sulfonamides is 2. The van der Waals surface area contributed by atoms with Crippen LogP contribution >= 0.6 is 27.5 Å². The number of urea groups is 2. The second-order valence-electron chi connectivity index (χ2n) is 10.4. The SMILES string of the molecule is CCOC(=O)c1c(Br)nn(C)c1S(=O)(=O)NC(=O)Nc1nc(C)cc(OC)n1.CCOC(=O)c1c(Cl)nn(C)c1S(=O)(=O)NC(=O)Nc1nc(OC)cc(OC)n1. The molecule has 0 spiro atoms. The van der Waals surface area contributed by atoms with Gasteiger partial charge in [-0.1, -0.05) is 11.6 Å². The van der Waals surface area contributed by atoms with E-state index in [1.165, 1.54) is 54.5 Å². The number of carbonyl (C=O) groups excluding carboxylic acids is 4. The van der Waals surface area contributed by atoms with Gasteiger partial charge in [-0.15, -0.1) is 0 Å². The van der Waals surface area contributed by atoms with Gasteiger partial charge in [0.25, 0.3) is 20.0 Å². The Kier molecular flexibility index (Phi) is 15.4. The van der Waals surface area contributed by atoms with E-state index in [1.807, 2.05) is 0 Å². The van der Waals surface area contributed by atoms with Gasteiger partial charge in [-0.05, 0) is 36.7 Å². The van der Waals surface area contributed by atoms with Crippen LogP contribution in [0.15, 0.2) is 26.8 Å². The highest BCUT2D eigenvalue weighted by Crippen LogP contribution is 2.26. The second-order valence-corrected chi connectivity index (χ2v) is 14.7. The van der Waals surface area contributed by atoms with Gasteiger partial charge in [0, 0.05) is 25.9 Å². The fraction of sp³-hybridized carbons (Fsp3) is 0.357. The molecule has 0 aliphatic rings. The lowest BCUT2D eigenvalue weighted by Crippen LogP contribution is -2.36. The van der Waals surface area contributed by atoms with Gasteiger partial charge in [0.2, 0.25) is 29.5 Å². The summed E-state index contributed by atoms with van der Waals surface area (Å²) < 4.78 is 80.3. The molecule has 0 fully saturated rings. The zero-order chi connectivity index (χ0) is 42.8. The standard InChI is InChI=1S/C14H17BrN6O6S.C14H17ClN6O7S/c1-5-27-12(22)9-10(15)19-21(3)11(9)28(24,25)20-14(23)18-13-16-7(2)6-8(17-13)26-4;1-5-28-12(22)9-10(15)19-21(2)11(9)29(24,25)20-14(23)18-13-16-7(26-3)6-8(17-13)27-4/h6H,5H2,1-4H3,(H2,16,17,18,20,23);6H,5H2,1-4H3,(H2,16,17,18,20,23). The summed E-state index contributed by atoms with van der Waals surface area (Å²) in [5.41, 5.74) is -0.348. The van der Waals surface area contributed by atoms with E-state index in [0.717, 1.165) is 9.36 Å². The molecule has 0 atom stereocenters. The number of ether oxygens (including phenoxy) is 5. The first-order chi connectivity index (χ1) is 26.7. The van der Waals surface area contributed by atoms with Gasteiger partial charge in [-0.25, -0.2) is 33.6 Å². The molecule has 0 aromatic carbocycles. The average Bonchev–Trinajstić information content (AvgIpc) is 3.61. The molecule has 4 aromatic heterocycles. The Labute approximate surface area is 337 Å². The molecule has 4 rings (SSSR count). The number of carbonyl (C=O) groups is 4. The number of hydrogen-bond donors (Lipinski definition) is 4. The van der Waals surface area contributed by atoms with Crippen molar-refractivity contribution < 1.29 is 59.7 Å². The van der Waals surface area contributed by atoms with Crippen LogP contribution in [0.1, 0.15) is 40.3 Å². The number of amides is 4. The molecular weight excluding hydrogens is 892 g/mol. The van der Waals surface area contributed by atoms with E-state index in [1.54, 1.807) is 23.3 Å². The molecule has 4 heterocycles. The molecule has 4 aromatic rings. The van der Waals surface area contributed by atoms with Crippen molar-refractivity contribution in [1.82, 2.24) is 48.9 Å². The number of nitrogens with zero attached hydrogens (tertiary/aromatic N) is 8. The van der Waals surface area contributed by atoms with Crippen molar-refractivity contribution in [2.24, 2.45) is 14.1 Å². The van der Waals surface area contributed by atoms with Gasteiger partial charge in [0.05, 0.1) is 40.6 Å². The van der Waals surface area contributed by atoms with Crippen molar-refractivity contribution in [2.75, 3.05) is 45.2 Å². The number of esters is 2. The molecule has 310 valence electrons. The van der Waals surface area contributed by atoms with Crippen LogP contribution < -0.4 is 34.3 Å². The van der Waals surface area contributed by atoms with E-state index in [9.17, 15) is 36.0 Å². The summed E-state index contributed by atoms with van der Waals surface area (Å²) in [6.45, 7) is 4.75. The maximum atomic E-state index is 12.7. The minimum Gasteiger partial charge on any atom is -0.481 e. The number of aryl methyl sites for hydroxylation is 3. The molecule has 4 amide bonds. The highest BCUT2D eigenvalue weighted by Gasteiger charge is 2.34. The minimum absolute atomic E-state index is 0.0214. The van der Waals surface area contributed by atoms with E-state index in [0.29, 0.717) is 5.69 Å². The molecule has 0 saturated carbocycles. The number of halogens is 2. The maximum Gasteiger partial charge on any atom is 0.344 e. The van der Waals surface area contributed by atoms with Gasteiger partial charge in [0.15, 0.2) is 15.2 Å². The fourth-order valence-electron chi connectivity index (χ4n) is 4.28. The first-order valence-electron chi connectivity index (χ1n) is 15.5. The summed E-state index contributed by atoms with van der Waals surface area (Å²) in [5.74, 6) is -2.05. The molecule has 0 saturated heterocycles. The Morgan fingerprint density at radius 2 is 1.11 bits per heavy atom. The number of hydrogen-bond acceptors (Lipinski definition) is 19. The van der Waals surface area contributed by atoms with Gasteiger partial charge >= 0.3 is 24.0 Å². The van der Waals surface area contributed by atoms with Gasteiger partial charge in [-0.2, -0.15) is 42.0 Å². The van der Waals surface area contributed by atoms with E-state index < -0.39 is 64.8 Å². The Morgan fingerprint density at radius 1 is 0.702 bits per heavy atom. The lowest BCUT2D eigenvalue weighted by atomic mass is 10.4. The van der Waals surface area contributed by atoms with Gasteiger partial charge in [-0.3, -0.25) is 20.0 Å². The first kappa shape index (κ1) is 45.5. The monoisotopic (exact) mass is 924 g/mol. The average molecular weight is 926 g/mol. The van der Waals surface area contributed by atoms with E-state index in [4.69, 9.17) is 35.3 Å². The van der Waals surface area contributed by atoms with Crippen molar-refractivity contribution in [1.29, 1.82) is 0 Å². The largest absolute Gasteiger partial charge is 0.481 e. The summed E-state index contributed by atoms with van der Waals surface area (Å²) in [6, 6.07) is 0.522. The molecule has 25 nitrogen and oxygen atoms in total. The van der Waals surface area contributed by atoms with E-state index in [-0.39, 0.29) is 52.9 Å². The van der Waals surface area contributed by atoms with Crippen molar-refractivity contribution in [3.05, 3.63) is 38.7 Å². The fourth-order valence-corrected chi connectivity index (χ4v) is 7.80. The zero-order valence-corrected chi connectivity index (χ0v) is 35.0. The second kappa shape index (κ2) is 19.3. The van der Waals surface area contributed by atoms with E-state index in [2.05, 4.69) is 56.7 Å². The Balaban J connectivity index is 0.000000306. The van der Waals surface area contributed by atoms with Gasteiger partial charge < -0.3 is 23.7 Å². The first-order valence-corrected chi connectivity index (χ1v) is 19.7. The van der Waals surface area contributed by atoms with Crippen molar-refractivity contribution in [3.63, 3.8) is 0 Å². The third-order valence-electron chi connectivity index (χ3n) is 6.41. The van der Waals surface area contributed by atoms with Crippen molar-refractivity contribution in [3.8, 4) is 17.6 Å². The van der Waals surface area contributed by atoms with E-state index >= 15 is 0 Å². The van der Waals surface area contributed by atoms with Crippen LogP contribution in [-0.4, -0.2) is 115 Å². The van der Waals surface area contributed by atoms with Crippen molar-refractivity contribution >= 4 is 83.5 Å². The summed E-state index contributed by atoms with van der Waals surface area (Å²) >= 11 is 8.86. The summed E-state index contributed by atoms with van der Waals surface area (Å²) in [4.78, 5) is 64.0. The van der Waals surface area contributed by atoms with Crippen LogP contribution in [0.5, 0.6) is 17.6 Å². The van der Waals surface area contributed by atoms with Crippen LogP contribution in [-0.2, 0) is 43.6 Å². The van der Waals surface area contributed by atoms with Crippen LogP contribution in [0, 0.1) is 6.92 Å². The lowest BCUT2D eigenvalue weighted by molar-refractivity contribution is 0.0511. The van der Waals surface area contributed by atoms with Crippen LogP contribution in [0.4, 0.5) is 21.5 Å². The summed E-state index contributed by atoms with van der Waals surface area (Å²) in [6.07, 6.45) is 0. The quantitative estimate of drug-likeness (QED) is 0.138.